The molecule has 5 nitrogen and oxygen atoms in total. The van der Waals surface area contributed by atoms with E-state index in [1.807, 2.05) is 7.05 Å². The number of likely N-dealkylation sites (N-methyl/N-ethyl adjacent to an activating group) is 1. The fraction of sp³-hybridized carbons (Fsp3) is 0.929. The predicted molar refractivity (Wildman–Crippen MR) is 74.8 cm³/mol. The molecule has 1 heterocycles. The molecule has 110 valence electrons. The average Bonchev–Trinajstić information content (AvgIpc) is 2.37. The number of hydrogen-bond donors (Lipinski definition) is 2. The van der Waals surface area contributed by atoms with Crippen molar-refractivity contribution >= 4 is 5.91 Å². The van der Waals surface area contributed by atoms with Crippen LogP contribution in [0.5, 0.6) is 0 Å². The maximum atomic E-state index is 11.8. The van der Waals surface area contributed by atoms with E-state index in [4.69, 9.17) is 10.5 Å². The van der Waals surface area contributed by atoms with Crippen LogP contribution in [-0.4, -0.2) is 54.7 Å². The number of nitrogens with zero attached hydrogens (tertiary/aromatic N) is 1. The van der Waals surface area contributed by atoms with Crippen LogP contribution in [0.2, 0.25) is 0 Å². The van der Waals surface area contributed by atoms with E-state index >= 15 is 0 Å². The van der Waals surface area contributed by atoms with E-state index in [-0.39, 0.29) is 18.1 Å². The lowest BCUT2D eigenvalue weighted by Crippen LogP contribution is -2.61. The van der Waals surface area contributed by atoms with Crippen molar-refractivity contribution in [2.24, 2.45) is 5.73 Å². The molecule has 1 saturated carbocycles. The maximum absolute atomic E-state index is 11.8. The van der Waals surface area contributed by atoms with Gasteiger partial charge in [0.05, 0.1) is 17.7 Å². The molecule has 0 aromatic carbocycles. The van der Waals surface area contributed by atoms with Gasteiger partial charge >= 0.3 is 0 Å². The van der Waals surface area contributed by atoms with Gasteiger partial charge in [-0.2, -0.15) is 0 Å². The maximum Gasteiger partial charge on any atom is 0.237 e. The highest BCUT2D eigenvalue weighted by molar-refractivity contribution is 5.84. The first kappa shape index (κ1) is 14.8. The quantitative estimate of drug-likeness (QED) is 0.782. The first-order valence-electron chi connectivity index (χ1n) is 7.35. The highest BCUT2D eigenvalue weighted by Gasteiger charge is 2.42. The smallest absolute Gasteiger partial charge is 0.237 e. The van der Waals surface area contributed by atoms with Gasteiger partial charge in [-0.15, -0.1) is 0 Å². The predicted octanol–water partition coefficient (Wildman–Crippen LogP) is 0.482. The molecule has 19 heavy (non-hydrogen) atoms. The number of carbonyl (C=O) groups excluding carboxylic acids is 1. The van der Waals surface area contributed by atoms with Gasteiger partial charge in [-0.25, -0.2) is 0 Å². The summed E-state index contributed by atoms with van der Waals surface area (Å²) in [6.07, 6.45) is 4.40. The Balaban J connectivity index is 2.06. The summed E-state index contributed by atoms with van der Waals surface area (Å²) in [6.45, 7) is 6.14. The standard InChI is InChI=1S/C14H27N3O2/c1-10-8-17(9-11(2)19-10)12-5-4-6-14(7-12,16-3)13(15)18/h10-12,16H,4-9H2,1-3H3,(H2,15,18)/t10-,11+,12?,14?. The second-order valence-corrected chi connectivity index (χ2v) is 6.16. The fourth-order valence-electron chi connectivity index (χ4n) is 3.65. The molecule has 2 fully saturated rings. The molecule has 1 aliphatic heterocycles. The Morgan fingerprint density at radius 3 is 2.53 bits per heavy atom. The highest BCUT2D eigenvalue weighted by Crippen LogP contribution is 2.32. The molecule has 2 rings (SSSR count). The fourth-order valence-corrected chi connectivity index (χ4v) is 3.65. The molecule has 1 aliphatic carbocycles. The monoisotopic (exact) mass is 269 g/mol. The summed E-state index contributed by atoms with van der Waals surface area (Å²) >= 11 is 0. The second kappa shape index (κ2) is 5.77. The van der Waals surface area contributed by atoms with Crippen LogP contribution in [0.3, 0.4) is 0 Å². The van der Waals surface area contributed by atoms with Crippen molar-refractivity contribution in [2.45, 2.75) is 63.3 Å². The van der Waals surface area contributed by atoms with Crippen molar-refractivity contribution < 1.29 is 9.53 Å². The van der Waals surface area contributed by atoms with Crippen molar-refractivity contribution in [3.8, 4) is 0 Å². The average molecular weight is 269 g/mol. The van der Waals surface area contributed by atoms with E-state index in [0.29, 0.717) is 6.04 Å². The topological polar surface area (TPSA) is 67.6 Å². The lowest BCUT2D eigenvalue weighted by atomic mass is 9.77. The van der Waals surface area contributed by atoms with Crippen LogP contribution in [0.4, 0.5) is 0 Å². The van der Waals surface area contributed by atoms with E-state index in [1.165, 1.54) is 0 Å². The molecule has 2 unspecified atom stereocenters. The molecule has 0 spiro atoms. The summed E-state index contributed by atoms with van der Waals surface area (Å²) in [5, 5.41) is 3.18. The Morgan fingerprint density at radius 1 is 1.37 bits per heavy atom. The minimum Gasteiger partial charge on any atom is -0.373 e. The summed E-state index contributed by atoms with van der Waals surface area (Å²) in [5.74, 6) is -0.214. The molecule has 0 radical (unpaired) electrons. The number of ether oxygens (including phenoxy) is 1. The van der Waals surface area contributed by atoms with Gasteiger partial charge in [-0.1, -0.05) is 0 Å². The Kier molecular flexibility index (Phi) is 4.48. The molecule has 1 amide bonds. The second-order valence-electron chi connectivity index (χ2n) is 6.16. The summed E-state index contributed by atoms with van der Waals surface area (Å²) in [7, 11) is 1.84. The summed E-state index contributed by atoms with van der Waals surface area (Å²) in [5.41, 5.74) is 5.09. The van der Waals surface area contributed by atoms with Crippen LogP contribution >= 0.6 is 0 Å². The third-order valence-corrected chi connectivity index (χ3v) is 4.64. The van der Waals surface area contributed by atoms with Crippen LogP contribution < -0.4 is 11.1 Å². The van der Waals surface area contributed by atoms with Crippen molar-refractivity contribution in [3.05, 3.63) is 0 Å². The molecule has 3 N–H and O–H groups in total. The number of morpholine rings is 1. The lowest BCUT2D eigenvalue weighted by molar-refractivity contribution is -0.128. The van der Waals surface area contributed by atoms with Gasteiger partial charge in [0.2, 0.25) is 5.91 Å². The zero-order valence-electron chi connectivity index (χ0n) is 12.3. The van der Waals surface area contributed by atoms with Gasteiger partial charge in [0.1, 0.15) is 0 Å². The summed E-state index contributed by atoms with van der Waals surface area (Å²) in [4.78, 5) is 14.3. The zero-order chi connectivity index (χ0) is 14.0. The van der Waals surface area contributed by atoms with E-state index < -0.39 is 5.54 Å². The van der Waals surface area contributed by atoms with Gasteiger partial charge in [0.25, 0.3) is 0 Å². The van der Waals surface area contributed by atoms with Gasteiger partial charge < -0.3 is 15.8 Å². The van der Waals surface area contributed by atoms with Crippen LogP contribution in [0.1, 0.15) is 39.5 Å². The van der Waals surface area contributed by atoms with Crippen molar-refractivity contribution in [2.75, 3.05) is 20.1 Å². The van der Waals surface area contributed by atoms with E-state index in [9.17, 15) is 4.79 Å². The highest BCUT2D eigenvalue weighted by atomic mass is 16.5. The van der Waals surface area contributed by atoms with Crippen molar-refractivity contribution in [3.63, 3.8) is 0 Å². The number of primary amides is 1. The van der Waals surface area contributed by atoms with Crippen molar-refractivity contribution in [1.29, 1.82) is 0 Å². The molecule has 0 aromatic heterocycles. The van der Waals surface area contributed by atoms with Gasteiger partial charge in [0, 0.05) is 19.1 Å². The molecule has 0 bridgehead atoms. The minimum absolute atomic E-state index is 0.214. The molecule has 4 atom stereocenters. The third kappa shape index (κ3) is 3.09. The van der Waals surface area contributed by atoms with E-state index in [0.717, 1.165) is 38.8 Å². The number of carbonyl (C=O) groups is 1. The Hall–Kier alpha value is -0.650. The first-order valence-corrected chi connectivity index (χ1v) is 7.35. The number of hydrogen-bond acceptors (Lipinski definition) is 4. The SMILES string of the molecule is CNC1(C(N)=O)CCCC(N2C[C@@H](C)O[C@@H](C)C2)C1. The molecule has 5 heteroatoms. The lowest BCUT2D eigenvalue weighted by Gasteiger charge is -2.46. The largest absolute Gasteiger partial charge is 0.373 e. The molecule has 0 aromatic rings. The number of amides is 1. The summed E-state index contributed by atoms with van der Waals surface area (Å²) < 4.78 is 5.78. The molecular formula is C14H27N3O2. The zero-order valence-corrected chi connectivity index (χ0v) is 12.3. The van der Waals surface area contributed by atoms with Crippen LogP contribution in [0, 0.1) is 0 Å². The Morgan fingerprint density at radius 2 is 2.00 bits per heavy atom. The van der Waals surface area contributed by atoms with Crippen LogP contribution in [-0.2, 0) is 9.53 Å². The number of nitrogens with two attached hydrogens (primary N) is 1. The summed E-state index contributed by atoms with van der Waals surface area (Å²) in [6, 6.07) is 0.433. The third-order valence-electron chi connectivity index (χ3n) is 4.64. The first-order chi connectivity index (χ1) is 8.97. The van der Waals surface area contributed by atoms with E-state index in [1.54, 1.807) is 0 Å². The molecular weight excluding hydrogens is 242 g/mol. The van der Waals surface area contributed by atoms with Crippen LogP contribution in [0.25, 0.3) is 0 Å². The van der Waals surface area contributed by atoms with Crippen LogP contribution in [0.15, 0.2) is 0 Å². The van der Waals surface area contributed by atoms with E-state index in [2.05, 4.69) is 24.1 Å². The molecule has 2 aliphatic rings. The van der Waals surface area contributed by atoms with Gasteiger partial charge in [-0.05, 0) is 46.6 Å². The normalized spacial score (nSPS) is 41.1. The van der Waals surface area contributed by atoms with Gasteiger partial charge in [-0.3, -0.25) is 9.69 Å². The van der Waals surface area contributed by atoms with Gasteiger partial charge in [0.15, 0.2) is 0 Å². The number of rotatable bonds is 3. The Labute approximate surface area is 115 Å². The number of nitrogens with one attached hydrogen (secondary N) is 1. The van der Waals surface area contributed by atoms with Crippen molar-refractivity contribution in [1.82, 2.24) is 10.2 Å². The Bertz CT molecular complexity index is 327. The molecule has 1 saturated heterocycles. The minimum atomic E-state index is -0.520.